The molecule has 2 saturated heterocycles. The number of carboxylic acid groups (broad SMARTS) is 1. The van der Waals surface area contributed by atoms with Crippen LogP contribution in [0.4, 0.5) is 11.4 Å². The summed E-state index contributed by atoms with van der Waals surface area (Å²) in [6.07, 6.45) is 4.38. The fourth-order valence-corrected chi connectivity index (χ4v) is 4.63. The number of hydrogen-bond acceptors (Lipinski definition) is 5. The van der Waals surface area contributed by atoms with E-state index in [-0.39, 0.29) is 11.5 Å². The fraction of sp³-hybridized carbons (Fsp3) is 0.261. The molecular weight excluding hydrogens is 398 g/mol. The Morgan fingerprint density at radius 1 is 1.10 bits per heavy atom. The molecule has 154 valence electrons. The number of amides is 1. The summed E-state index contributed by atoms with van der Waals surface area (Å²) in [4.78, 5) is 33.1. The minimum absolute atomic E-state index is 0.0629. The van der Waals surface area contributed by atoms with E-state index in [0.717, 1.165) is 18.7 Å². The Labute approximate surface area is 179 Å². The van der Waals surface area contributed by atoms with Gasteiger partial charge < -0.3 is 10.0 Å². The van der Waals surface area contributed by atoms with Gasteiger partial charge >= 0.3 is 5.97 Å². The molecule has 2 aliphatic heterocycles. The Hall–Kier alpha value is -3.06. The zero-order valence-electron chi connectivity index (χ0n) is 16.7. The van der Waals surface area contributed by atoms with Crippen molar-refractivity contribution in [3.8, 4) is 0 Å². The lowest BCUT2D eigenvalue weighted by Crippen LogP contribution is -2.28. The van der Waals surface area contributed by atoms with E-state index >= 15 is 0 Å². The van der Waals surface area contributed by atoms with E-state index in [1.165, 1.54) is 42.4 Å². The molecule has 0 radical (unpaired) electrons. The van der Waals surface area contributed by atoms with Crippen LogP contribution in [-0.2, 0) is 4.79 Å². The first-order valence-corrected chi connectivity index (χ1v) is 10.9. The van der Waals surface area contributed by atoms with Crippen molar-refractivity contribution >= 4 is 46.3 Å². The number of nitrogens with zero attached hydrogens (tertiary/aromatic N) is 3. The molecule has 1 amide bonds. The van der Waals surface area contributed by atoms with E-state index in [4.69, 9.17) is 5.11 Å². The molecule has 2 aromatic carbocycles. The number of thioether (sulfide) groups is 1. The van der Waals surface area contributed by atoms with Crippen LogP contribution in [0.5, 0.6) is 0 Å². The molecular formula is C23H23N3O3S. The van der Waals surface area contributed by atoms with Gasteiger partial charge in [-0.2, -0.15) is 0 Å². The van der Waals surface area contributed by atoms with Gasteiger partial charge in [0.2, 0.25) is 0 Å². The predicted octanol–water partition coefficient (Wildman–Crippen LogP) is 4.61. The first kappa shape index (κ1) is 20.2. The maximum Gasteiger partial charge on any atom is 0.335 e. The van der Waals surface area contributed by atoms with Crippen molar-refractivity contribution in [1.82, 2.24) is 4.90 Å². The molecule has 0 spiro atoms. The third kappa shape index (κ3) is 4.26. The molecule has 1 N–H and O–H groups in total. The Balaban J connectivity index is 1.54. The van der Waals surface area contributed by atoms with Crippen molar-refractivity contribution in [2.45, 2.75) is 19.8 Å². The number of hydrogen-bond donors (Lipinski definition) is 1. The van der Waals surface area contributed by atoms with Crippen molar-refractivity contribution in [2.75, 3.05) is 24.5 Å². The van der Waals surface area contributed by atoms with Crippen molar-refractivity contribution in [2.24, 2.45) is 4.99 Å². The Bertz CT molecular complexity index is 1010. The van der Waals surface area contributed by atoms with Gasteiger partial charge in [-0.05, 0) is 79.6 Å². The number of benzene rings is 2. The number of amidine groups is 1. The van der Waals surface area contributed by atoms with Crippen LogP contribution in [0.3, 0.4) is 0 Å². The van der Waals surface area contributed by atoms with Crippen molar-refractivity contribution < 1.29 is 14.7 Å². The third-order valence-corrected chi connectivity index (χ3v) is 6.21. The van der Waals surface area contributed by atoms with E-state index in [0.29, 0.717) is 22.3 Å². The Morgan fingerprint density at radius 2 is 1.77 bits per heavy atom. The number of carbonyl (C=O) groups is 2. The summed E-state index contributed by atoms with van der Waals surface area (Å²) in [5, 5.41) is 9.63. The van der Waals surface area contributed by atoms with Crippen LogP contribution in [0.25, 0.3) is 6.08 Å². The number of carbonyl (C=O) groups excluding carboxylic acids is 1. The van der Waals surface area contributed by atoms with Gasteiger partial charge in [-0.3, -0.25) is 9.69 Å². The molecule has 0 atom stereocenters. The summed E-state index contributed by atoms with van der Waals surface area (Å²) in [5.41, 5.74) is 3.03. The lowest BCUT2D eigenvalue weighted by atomic mass is 10.2. The van der Waals surface area contributed by atoms with Gasteiger partial charge in [0.25, 0.3) is 5.91 Å². The minimum Gasteiger partial charge on any atom is -0.478 e. The lowest BCUT2D eigenvalue weighted by molar-refractivity contribution is -0.122. The van der Waals surface area contributed by atoms with Gasteiger partial charge in [0.1, 0.15) is 0 Å². The molecule has 2 aromatic rings. The van der Waals surface area contributed by atoms with Crippen LogP contribution in [0.15, 0.2) is 58.4 Å². The molecule has 0 saturated carbocycles. The number of carboxylic acids is 1. The smallest absolute Gasteiger partial charge is 0.335 e. The summed E-state index contributed by atoms with van der Waals surface area (Å²) in [6, 6.07) is 14.6. The number of aliphatic imine (C=N–C) groups is 1. The molecule has 0 bridgehead atoms. The maximum absolute atomic E-state index is 12.8. The van der Waals surface area contributed by atoms with Crippen molar-refractivity contribution in [3.63, 3.8) is 0 Å². The van der Waals surface area contributed by atoms with Gasteiger partial charge in [0, 0.05) is 25.3 Å². The average molecular weight is 422 g/mol. The second kappa shape index (κ2) is 8.75. The van der Waals surface area contributed by atoms with Crippen molar-refractivity contribution in [3.05, 3.63) is 64.6 Å². The predicted molar refractivity (Wildman–Crippen MR) is 121 cm³/mol. The van der Waals surface area contributed by atoms with Gasteiger partial charge in [0.15, 0.2) is 5.17 Å². The van der Waals surface area contributed by atoms with Crippen LogP contribution in [-0.4, -0.2) is 46.7 Å². The van der Waals surface area contributed by atoms with Gasteiger partial charge in [0.05, 0.1) is 16.2 Å². The van der Waals surface area contributed by atoms with E-state index in [1.807, 2.05) is 25.1 Å². The van der Waals surface area contributed by atoms with Crippen LogP contribution in [0, 0.1) is 0 Å². The summed E-state index contributed by atoms with van der Waals surface area (Å²) in [5.74, 6) is -1.04. The number of likely N-dealkylation sites (N-methyl/N-ethyl adjacent to an activating group) is 1. The van der Waals surface area contributed by atoms with Crippen LogP contribution in [0.2, 0.25) is 0 Å². The molecule has 7 heteroatoms. The third-order valence-electron chi connectivity index (χ3n) is 5.21. The van der Waals surface area contributed by atoms with Crippen LogP contribution in [0.1, 0.15) is 35.7 Å². The molecule has 30 heavy (non-hydrogen) atoms. The highest BCUT2D eigenvalue weighted by atomic mass is 32.2. The monoisotopic (exact) mass is 421 g/mol. The summed E-state index contributed by atoms with van der Waals surface area (Å²) >= 11 is 1.34. The Morgan fingerprint density at radius 3 is 2.37 bits per heavy atom. The second-order valence-electron chi connectivity index (χ2n) is 7.19. The SMILES string of the molecule is CCN1C(=O)/C(=C/c2ccc(N3CCCC3)cc2)SC1=Nc1ccc(C(=O)O)cc1. The number of anilines is 1. The highest BCUT2D eigenvalue weighted by Gasteiger charge is 2.32. The normalized spacial score (nSPS) is 19.3. The average Bonchev–Trinajstić information content (AvgIpc) is 3.38. The largest absolute Gasteiger partial charge is 0.478 e. The number of aromatic carboxylic acids is 1. The van der Waals surface area contributed by atoms with Crippen molar-refractivity contribution in [1.29, 1.82) is 0 Å². The molecule has 2 fully saturated rings. The van der Waals surface area contributed by atoms with Gasteiger partial charge in [-0.15, -0.1) is 0 Å². The quantitative estimate of drug-likeness (QED) is 0.714. The van der Waals surface area contributed by atoms with Gasteiger partial charge in [-0.25, -0.2) is 9.79 Å². The molecule has 4 rings (SSSR count). The fourth-order valence-electron chi connectivity index (χ4n) is 3.57. The second-order valence-corrected chi connectivity index (χ2v) is 8.20. The topological polar surface area (TPSA) is 73.2 Å². The zero-order chi connectivity index (χ0) is 21.1. The minimum atomic E-state index is -0.976. The van der Waals surface area contributed by atoms with Crippen LogP contribution < -0.4 is 4.90 Å². The highest BCUT2D eigenvalue weighted by molar-refractivity contribution is 8.18. The highest BCUT2D eigenvalue weighted by Crippen LogP contribution is 2.34. The lowest BCUT2D eigenvalue weighted by Gasteiger charge is -2.17. The molecule has 0 aromatic heterocycles. The first-order chi connectivity index (χ1) is 14.5. The van der Waals surface area contributed by atoms with Gasteiger partial charge in [-0.1, -0.05) is 12.1 Å². The standard InChI is InChI=1S/C23H23N3O3S/c1-2-26-21(27)20(15-16-5-11-19(12-6-16)25-13-3-4-14-25)30-23(26)24-18-9-7-17(8-10-18)22(28)29/h5-12,15H,2-4,13-14H2,1H3,(H,28,29)/b20-15-,24-23?. The summed E-state index contributed by atoms with van der Waals surface area (Å²) in [7, 11) is 0. The van der Waals surface area contributed by atoms with E-state index in [2.05, 4.69) is 22.0 Å². The zero-order valence-corrected chi connectivity index (χ0v) is 17.6. The Kier molecular flexibility index (Phi) is 5.90. The molecule has 6 nitrogen and oxygen atoms in total. The molecule has 0 aliphatic carbocycles. The molecule has 2 aliphatic rings. The molecule has 2 heterocycles. The van der Waals surface area contributed by atoms with E-state index < -0.39 is 5.97 Å². The van der Waals surface area contributed by atoms with E-state index in [1.54, 1.807) is 17.0 Å². The number of rotatable bonds is 5. The first-order valence-electron chi connectivity index (χ1n) is 10.0. The van der Waals surface area contributed by atoms with Crippen LogP contribution >= 0.6 is 11.8 Å². The summed E-state index contributed by atoms with van der Waals surface area (Å²) in [6.45, 7) is 4.64. The molecule has 0 unspecified atom stereocenters. The summed E-state index contributed by atoms with van der Waals surface area (Å²) < 4.78 is 0. The maximum atomic E-state index is 12.8. The van der Waals surface area contributed by atoms with E-state index in [9.17, 15) is 9.59 Å².